The summed E-state index contributed by atoms with van der Waals surface area (Å²) in [7, 11) is 1.71. The predicted octanol–water partition coefficient (Wildman–Crippen LogP) is 0.799. The zero-order valence-electron chi connectivity index (χ0n) is 11.6. The lowest BCUT2D eigenvalue weighted by atomic mass is 10.3. The van der Waals surface area contributed by atoms with Crippen molar-refractivity contribution in [2.24, 2.45) is 7.05 Å². The van der Waals surface area contributed by atoms with Crippen molar-refractivity contribution in [3.05, 3.63) is 40.2 Å². The third kappa shape index (κ3) is 2.31. The monoisotopic (exact) mass is 286 g/mol. The fourth-order valence-electron chi connectivity index (χ4n) is 2.14. The van der Waals surface area contributed by atoms with Crippen molar-refractivity contribution in [2.45, 2.75) is 13.3 Å². The summed E-state index contributed by atoms with van der Waals surface area (Å²) in [6, 6.07) is 3.39. The van der Waals surface area contributed by atoms with Gasteiger partial charge in [0, 0.05) is 13.2 Å². The number of rotatable bonds is 3. The van der Waals surface area contributed by atoms with E-state index in [0.29, 0.717) is 22.5 Å². The van der Waals surface area contributed by atoms with Crippen LogP contribution in [-0.4, -0.2) is 30.6 Å². The van der Waals surface area contributed by atoms with Gasteiger partial charge in [-0.2, -0.15) is 5.10 Å². The molecule has 3 rings (SSSR count). The molecule has 108 valence electrons. The van der Waals surface area contributed by atoms with E-state index in [4.69, 9.17) is 0 Å². The molecule has 0 aromatic carbocycles. The zero-order chi connectivity index (χ0) is 15.0. The SMILES string of the molecule is CCc1cc(C(=O)Nc2nccc3[nH]c(=O)[nH]c23)n(C)n1. The van der Waals surface area contributed by atoms with Crippen molar-refractivity contribution in [2.75, 3.05) is 5.32 Å². The van der Waals surface area contributed by atoms with Gasteiger partial charge in [0.1, 0.15) is 11.2 Å². The Morgan fingerprint density at radius 2 is 2.24 bits per heavy atom. The molecular formula is C13H14N6O2. The van der Waals surface area contributed by atoms with E-state index in [0.717, 1.165) is 12.1 Å². The highest BCUT2D eigenvalue weighted by Crippen LogP contribution is 2.16. The van der Waals surface area contributed by atoms with Crippen LogP contribution in [-0.2, 0) is 13.5 Å². The Morgan fingerprint density at radius 3 is 2.95 bits per heavy atom. The van der Waals surface area contributed by atoms with Gasteiger partial charge in [0.2, 0.25) is 0 Å². The number of aromatic amines is 2. The Labute approximate surface area is 119 Å². The first-order valence-electron chi connectivity index (χ1n) is 6.49. The molecule has 3 aromatic heterocycles. The second-order valence-electron chi connectivity index (χ2n) is 4.61. The number of hydrogen-bond acceptors (Lipinski definition) is 4. The molecule has 0 aliphatic carbocycles. The summed E-state index contributed by atoms with van der Waals surface area (Å²) in [4.78, 5) is 32.9. The Balaban J connectivity index is 1.96. The van der Waals surface area contributed by atoms with Crippen LogP contribution in [0.25, 0.3) is 11.0 Å². The van der Waals surface area contributed by atoms with Crippen LogP contribution < -0.4 is 11.0 Å². The molecule has 0 saturated carbocycles. The number of nitrogens with one attached hydrogen (secondary N) is 3. The minimum Gasteiger partial charge on any atom is -0.306 e. The average molecular weight is 286 g/mol. The molecule has 0 unspecified atom stereocenters. The number of nitrogens with zero attached hydrogens (tertiary/aromatic N) is 3. The summed E-state index contributed by atoms with van der Waals surface area (Å²) in [6.45, 7) is 1.97. The van der Waals surface area contributed by atoms with E-state index in [-0.39, 0.29) is 11.6 Å². The number of imidazole rings is 1. The van der Waals surface area contributed by atoms with Gasteiger partial charge < -0.3 is 15.3 Å². The number of fused-ring (bicyclic) bond motifs is 1. The van der Waals surface area contributed by atoms with E-state index < -0.39 is 0 Å². The van der Waals surface area contributed by atoms with E-state index in [2.05, 4.69) is 25.4 Å². The predicted molar refractivity (Wildman–Crippen MR) is 77.3 cm³/mol. The number of carbonyl (C=O) groups excluding carboxylic acids is 1. The molecule has 1 amide bonds. The summed E-state index contributed by atoms with van der Waals surface area (Å²) in [5.74, 6) is -0.0261. The van der Waals surface area contributed by atoms with Gasteiger partial charge >= 0.3 is 5.69 Å². The molecule has 8 nitrogen and oxygen atoms in total. The topological polar surface area (TPSA) is 108 Å². The van der Waals surface area contributed by atoms with Crippen molar-refractivity contribution in [3.63, 3.8) is 0 Å². The van der Waals surface area contributed by atoms with Crippen molar-refractivity contribution in [3.8, 4) is 0 Å². The third-order valence-electron chi connectivity index (χ3n) is 3.19. The maximum absolute atomic E-state index is 12.3. The highest BCUT2D eigenvalue weighted by atomic mass is 16.2. The molecule has 0 radical (unpaired) electrons. The molecular weight excluding hydrogens is 272 g/mol. The zero-order valence-corrected chi connectivity index (χ0v) is 11.6. The summed E-state index contributed by atoms with van der Waals surface area (Å²) in [5, 5.41) is 6.92. The Morgan fingerprint density at radius 1 is 1.43 bits per heavy atom. The number of hydrogen-bond donors (Lipinski definition) is 3. The van der Waals surface area contributed by atoms with Crippen LogP contribution in [0, 0.1) is 0 Å². The van der Waals surface area contributed by atoms with Crippen molar-refractivity contribution in [1.82, 2.24) is 24.7 Å². The second kappa shape index (κ2) is 4.89. The second-order valence-corrected chi connectivity index (χ2v) is 4.61. The highest BCUT2D eigenvalue weighted by molar-refractivity contribution is 6.06. The summed E-state index contributed by atoms with van der Waals surface area (Å²) < 4.78 is 1.52. The molecule has 3 heterocycles. The van der Waals surface area contributed by atoms with Crippen molar-refractivity contribution in [1.29, 1.82) is 0 Å². The van der Waals surface area contributed by atoms with Crippen LogP contribution in [0.4, 0.5) is 5.82 Å². The van der Waals surface area contributed by atoms with Crippen molar-refractivity contribution >= 4 is 22.8 Å². The van der Waals surface area contributed by atoms with Gasteiger partial charge in [0.15, 0.2) is 5.82 Å². The first kappa shape index (κ1) is 13.1. The molecule has 0 fully saturated rings. The lowest BCUT2D eigenvalue weighted by molar-refractivity contribution is 0.101. The number of carbonyl (C=O) groups is 1. The molecule has 3 aromatic rings. The molecule has 0 saturated heterocycles. The fraction of sp³-hybridized carbons (Fsp3) is 0.231. The number of aromatic nitrogens is 5. The van der Waals surface area contributed by atoms with E-state index in [1.54, 1.807) is 19.2 Å². The first-order valence-corrected chi connectivity index (χ1v) is 6.49. The summed E-state index contributed by atoms with van der Waals surface area (Å²) >= 11 is 0. The number of H-pyrrole nitrogens is 2. The molecule has 0 atom stereocenters. The van der Waals surface area contributed by atoms with Gasteiger partial charge in [-0.25, -0.2) is 9.78 Å². The molecule has 3 N–H and O–H groups in total. The van der Waals surface area contributed by atoms with Gasteiger partial charge in [0.25, 0.3) is 5.91 Å². The van der Waals surface area contributed by atoms with Gasteiger partial charge in [-0.1, -0.05) is 6.92 Å². The Hall–Kier alpha value is -2.90. The maximum atomic E-state index is 12.3. The van der Waals surface area contributed by atoms with E-state index in [1.807, 2.05) is 6.92 Å². The molecule has 8 heteroatoms. The molecule has 21 heavy (non-hydrogen) atoms. The van der Waals surface area contributed by atoms with E-state index in [1.165, 1.54) is 10.9 Å². The van der Waals surface area contributed by atoms with Crippen LogP contribution in [0.1, 0.15) is 23.1 Å². The lowest BCUT2D eigenvalue weighted by Crippen LogP contribution is -2.17. The standard InChI is InChI=1S/C13H14N6O2/c1-3-7-6-9(19(2)18-7)12(20)17-11-10-8(4-5-14-11)15-13(21)16-10/h4-6H,3H2,1-2H3,(H,14,17,20)(H2,15,16,21). The summed E-state index contributed by atoms with van der Waals surface area (Å²) in [6.07, 6.45) is 2.27. The largest absolute Gasteiger partial charge is 0.323 e. The average Bonchev–Trinajstić information content (AvgIpc) is 3.01. The number of amides is 1. The van der Waals surface area contributed by atoms with Gasteiger partial charge in [0.05, 0.1) is 11.2 Å². The van der Waals surface area contributed by atoms with Gasteiger partial charge in [-0.15, -0.1) is 0 Å². The first-order chi connectivity index (χ1) is 10.1. The van der Waals surface area contributed by atoms with Crippen LogP contribution in [0.5, 0.6) is 0 Å². The van der Waals surface area contributed by atoms with Crippen LogP contribution in [0.15, 0.2) is 23.1 Å². The molecule has 0 spiro atoms. The quantitative estimate of drug-likeness (QED) is 0.661. The third-order valence-corrected chi connectivity index (χ3v) is 3.19. The van der Waals surface area contributed by atoms with E-state index >= 15 is 0 Å². The van der Waals surface area contributed by atoms with Crippen LogP contribution in [0.2, 0.25) is 0 Å². The maximum Gasteiger partial charge on any atom is 0.323 e. The van der Waals surface area contributed by atoms with Crippen LogP contribution in [0.3, 0.4) is 0 Å². The Kier molecular flexibility index (Phi) is 3.05. The minimum atomic E-state index is -0.345. The van der Waals surface area contributed by atoms with Crippen LogP contribution >= 0.6 is 0 Å². The molecule has 0 aliphatic rings. The number of pyridine rings is 1. The Bertz CT molecular complexity index is 872. The van der Waals surface area contributed by atoms with Gasteiger partial charge in [-0.3, -0.25) is 9.48 Å². The minimum absolute atomic E-state index is 0.301. The van der Waals surface area contributed by atoms with Crippen molar-refractivity contribution < 1.29 is 4.79 Å². The normalized spacial score (nSPS) is 11.0. The van der Waals surface area contributed by atoms with Gasteiger partial charge in [-0.05, 0) is 18.6 Å². The molecule has 0 bridgehead atoms. The summed E-state index contributed by atoms with van der Waals surface area (Å²) in [5.41, 5.74) is 1.98. The lowest BCUT2D eigenvalue weighted by Gasteiger charge is -2.05. The fourth-order valence-corrected chi connectivity index (χ4v) is 2.14. The number of anilines is 1. The number of aryl methyl sites for hydroxylation is 2. The van der Waals surface area contributed by atoms with E-state index in [9.17, 15) is 9.59 Å². The highest BCUT2D eigenvalue weighted by Gasteiger charge is 2.15. The molecule has 0 aliphatic heterocycles. The smallest absolute Gasteiger partial charge is 0.306 e.